The van der Waals surface area contributed by atoms with Crippen LogP contribution in [0.15, 0.2) is 91.0 Å². The van der Waals surface area contributed by atoms with E-state index < -0.39 is 5.60 Å². The first-order valence-electron chi connectivity index (χ1n) is 16.0. The van der Waals surface area contributed by atoms with Crippen molar-refractivity contribution < 1.29 is 23.7 Å². The van der Waals surface area contributed by atoms with Crippen LogP contribution in [0, 0.1) is 5.92 Å². The summed E-state index contributed by atoms with van der Waals surface area (Å²) in [6, 6.07) is 30.9. The molecular formula is C37H48N2O5. The predicted octanol–water partition coefficient (Wildman–Crippen LogP) is 6.71. The molecule has 0 spiro atoms. The van der Waals surface area contributed by atoms with Gasteiger partial charge in [0.1, 0.15) is 11.7 Å². The second kappa shape index (κ2) is 15.7. The highest BCUT2D eigenvalue weighted by atomic mass is 16.6. The number of hydrogen-bond donors (Lipinski definition) is 0. The molecule has 3 aromatic rings. The van der Waals surface area contributed by atoms with Crippen LogP contribution in [0.1, 0.15) is 50.3 Å². The summed E-state index contributed by atoms with van der Waals surface area (Å²) in [4.78, 5) is 17.2. The van der Waals surface area contributed by atoms with Crippen molar-refractivity contribution in [2.75, 3.05) is 32.7 Å². The van der Waals surface area contributed by atoms with E-state index >= 15 is 0 Å². The van der Waals surface area contributed by atoms with Gasteiger partial charge in [0.05, 0.1) is 32.0 Å². The summed E-state index contributed by atoms with van der Waals surface area (Å²) in [5.41, 5.74) is 2.89. The van der Waals surface area contributed by atoms with Gasteiger partial charge in [-0.25, -0.2) is 4.79 Å². The van der Waals surface area contributed by atoms with Crippen molar-refractivity contribution in [3.63, 3.8) is 0 Å². The molecule has 0 radical (unpaired) electrons. The molecule has 7 nitrogen and oxygen atoms in total. The van der Waals surface area contributed by atoms with Crippen LogP contribution in [0.4, 0.5) is 4.79 Å². The van der Waals surface area contributed by atoms with Crippen molar-refractivity contribution in [1.29, 1.82) is 0 Å². The summed E-state index contributed by atoms with van der Waals surface area (Å²) >= 11 is 0. The summed E-state index contributed by atoms with van der Waals surface area (Å²) in [6.07, 6.45) is 1.24. The molecule has 7 heteroatoms. The van der Waals surface area contributed by atoms with Crippen molar-refractivity contribution in [3.05, 3.63) is 108 Å². The molecule has 2 heterocycles. The second-order valence-electron chi connectivity index (χ2n) is 13.1. The number of hydrogen-bond acceptors (Lipinski definition) is 6. The van der Waals surface area contributed by atoms with Crippen molar-refractivity contribution in [2.45, 2.75) is 77.3 Å². The Hall–Kier alpha value is -3.23. The predicted molar refractivity (Wildman–Crippen MR) is 172 cm³/mol. The minimum absolute atomic E-state index is 0.181. The molecule has 44 heavy (non-hydrogen) atoms. The molecule has 236 valence electrons. The minimum Gasteiger partial charge on any atom is -0.444 e. The summed E-state index contributed by atoms with van der Waals surface area (Å²) in [7, 11) is 0. The van der Waals surface area contributed by atoms with Gasteiger partial charge in [0.25, 0.3) is 0 Å². The van der Waals surface area contributed by atoms with Crippen LogP contribution in [-0.4, -0.2) is 72.5 Å². The maximum absolute atomic E-state index is 12.9. The van der Waals surface area contributed by atoms with Gasteiger partial charge in [-0.3, -0.25) is 4.90 Å². The quantitative estimate of drug-likeness (QED) is 0.244. The molecule has 0 bridgehead atoms. The lowest BCUT2D eigenvalue weighted by Gasteiger charge is -2.45. The molecule has 2 saturated heterocycles. The molecule has 3 unspecified atom stereocenters. The van der Waals surface area contributed by atoms with E-state index in [1.165, 1.54) is 0 Å². The number of carbonyl (C=O) groups is 1. The lowest BCUT2D eigenvalue weighted by atomic mass is 9.94. The Balaban J connectivity index is 1.31. The van der Waals surface area contributed by atoms with Crippen LogP contribution in [-0.2, 0) is 38.8 Å². The van der Waals surface area contributed by atoms with E-state index in [-0.39, 0.29) is 24.4 Å². The third-order valence-electron chi connectivity index (χ3n) is 8.20. The van der Waals surface area contributed by atoms with Crippen molar-refractivity contribution in [2.24, 2.45) is 5.92 Å². The average molecular weight is 601 g/mol. The number of ether oxygens (including phenoxy) is 4. The maximum Gasteiger partial charge on any atom is 0.410 e. The van der Waals surface area contributed by atoms with E-state index in [1.807, 2.05) is 80.3 Å². The van der Waals surface area contributed by atoms with Gasteiger partial charge < -0.3 is 23.8 Å². The van der Waals surface area contributed by atoms with Crippen LogP contribution in [0.5, 0.6) is 0 Å². The zero-order valence-electron chi connectivity index (χ0n) is 26.5. The third-order valence-corrected chi connectivity index (χ3v) is 8.20. The molecule has 2 aliphatic rings. The average Bonchev–Trinajstić information content (AvgIpc) is 3.03. The normalized spacial score (nSPS) is 22.9. The molecule has 0 aromatic heterocycles. The SMILES string of the molecule is CC(C)(C)OC(=O)N1CCCC(CN2CC(OCc3ccccc3)C(OCc3ccccc3)C(OCc3ccccc3)C2)C1. The largest absolute Gasteiger partial charge is 0.444 e. The molecule has 1 amide bonds. The van der Waals surface area contributed by atoms with E-state index in [9.17, 15) is 4.79 Å². The van der Waals surface area contributed by atoms with Gasteiger partial charge in [0, 0.05) is 32.7 Å². The molecular weight excluding hydrogens is 552 g/mol. The fourth-order valence-corrected chi connectivity index (χ4v) is 6.08. The first-order chi connectivity index (χ1) is 21.3. The van der Waals surface area contributed by atoms with E-state index in [0.29, 0.717) is 32.3 Å². The Morgan fingerprint density at radius 1 is 0.705 bits per heavy atom. The first-order valence-corrected chi connectivity index (χ1v) is 16.0. The molecule has 0 aliphatic carbocycles. The highest BCUT2D eigenvalue weighted by molar-refractivity contribution is 5.68. The van der Waals surface area contributed by atoms with Gasteiger partial charge in [-0.05, 0) is 56.2 Å². The number of benzene rings is 3. The molecule has 3 atom stereocenters. The van der Waals surface area contributed by atoms with Crippen LogP contribution in [0.3, 0.4) is 0 Å². The van der Waals surface area contributed by atoms with Gasteiger partial charge in [0.2, 0.25) is 0 Å². The number of carbonyl (C=O) groups excluding carboxylic acids is 1. The van der Waals surface area contributed by atoms with Gasteiger partial charge in [-0.15, -0.1) is 0 Å². The Kier molecular flexibility index (Phi) is 11.5. The van der Waals surface area contributed by atoms with Crippen molar-refractivity contribution in [1.82, 2.24) is 9.80 Å². The second-order valence-corrected chi connectivity index (χ2v) is 13.1. The molecule has 0 saturated carbocycles. The number of nitrogens with zero attached hydrogens (tertiary/aromatic N) is 2. The zero-order chi connectivity index (χ0) is 30.8. The molecule has 2 fully saturated rings. The Bertz CT molecular complexity index is 1210. The van der Waals surface area contributed by atoms with Crippen molar-refractivity contribution >= 4 is 6.09 Å². The zero-order valence-corrected chi connectivity index (χ0v) is 26.5. The molecule has 0 N–H and O–H groups in total. The summed E-state index contributed by atoms with van der Waals surface area (Å²) in [6.45, 7) is 11.0. The number of amides is 1. The maximum atomic E-state index is 12.9. The van der Waals surface area contributed by atoms with Gasteiger partial charge >= 0.3 is 6.09 Å². The summed E-state index contributed by atoms with van der Waals surface area (Å²) in [5, 5.41) is 0. The van der Waals surface area contributed by atoms with Gasteiger partial charge in [-0.2, -0.15) is 0 Å². The molecule has 3 aromatic carbocycles. The Morgan fingerprint density at radius 3 is 1.66 bits per heavy atom. The van der Waals surface area contributed by atoms with Gasteiger partial charge in [0.15, 0.2) is 0 Å². The van der Waals surface area contributed by atoms with E-state index in [0.717, 1.165) is 55.7 Å². The fraction of sp³-hybridized carbons (Fsp3) is 0.486. The van der Waals surface area contributed by atoms with Crippen LogP contribution in [0.2, 0.25) is 0 Å². The summed E-state index contributed by atoms with van der Waals surface area (Å²) in [5.74, 6) is 0.350. The lowest BCUT2D eigenvalue weighted by molar-refractivity contribution is -0.186. The van der Waals surface area contributed by atoms with Crippen LogP contribution < -0.4 is 0 Å². The Morgan fingerprint density at radius 2 is 1.18 bits per heavy atom. The standard InChI is InChI=1S/C37H48N2O5/c1-37(2,3)44-36(40)39-21-13-20-32(23-39)22-38-24-33(41-26-29-14-7-4-8-15-29)35(43-28-31-18-11-6-12-19-31)34(25-38)42-27-30-16-9-5-10-17-30/h4-12,14-19,32-35H,13,20-28H2,1-3H3. The first kappa shape index (κ1) is 32.2. The molecule has 2 aliphatic heterocycles. The van der Waals surface area contributed by atoms with E-state index in [2.05, 4.69) is 41.3 Å². The number of rotatable bonds is 11. The Labute approximate surface area is 263 Å². The fourth-order valence-electron chi connectivity index (χ4n) is 6.08. The minimum atomic E-state index is -0.502. The highest BCUT2D eigenvalue weighted by Crippen LogP contribution is 2.27. The van der Waals surface area contributed by atoms with Crippen LogP contribution in [0.25, 0.3) is 0 Å². The molecule has 5 rings (SSSR count). The number of likely N-dealkylation sites (tertiary alicyclic amines) is 2. The van der Waals surface area contributed by atoms with Crippen molar-refractivity contribution in [3.8, 4) is 0 Å². The third kappa shape index (κ3) is 9.89. The highest BCUT2D eigenvalue weighted by Gasteiger charge is 2.40. The monoisotopic (exact) mass is 600 g/mol. The van der Waals surface area contributed by atoms with Gasteiger partial charge in [-0.1, -0.05) is 91.0 Å². The topological polar surface area (TPSA) is 60.5 Å². The lowest BCUT2D eigenvalue weighted by Crippen LogP contribution is -2.59. The van der Waals surface area contributed by atoms with E-state index in [1.54, 1.807) is 0 Å². The number of piperidine rings is 2. The smallest absolute Gasteiger partial charge is 0.410 e. The van der Waals surface area contributed by atoms with Crippen LogP contribution >= 0.6 is 0 Å². The summed E-state index contributed by atoms with van der Waals surface area (Å²) < 4.78 is 25.7. The van der Waals surface area contributed by atoms with E-state index in [4.69, 9.17) is 18.9 Å².